The standard InChI is InChI=1S/C22H26ClN5O2/c1-3-28(4-2)13-14-29-21-10-12-25-22(27-21)26-17-8-9-20(19(23)15-17)30-16-18-7-5-6-11-24-18/h5-12,15H,3-4,13-14,16H2,1-2H3,(H,25,26,27). The molecule has 0 unspecified atom stereocenters. The highest BCUT2D eigenvalue weighted by molar-refractivity contribution is 6.32. The van der Waals surface area contributed by atoms with Crippen LogP contribution >= 0.6 is 11.6 Å². The summed E-state index contributed by atoms with van der Waals surface area (Å²) in [6.45, 7) is 8.05. The monoisotopic (exact) mass is 427 g/mol. The van der Waals surface area contributed by atoms with Crippen LogP contribution < -0.4 is 14.8 Å². The van der Waals surface area contributed by atoms with Crippen molar-refractivity contribution in [3.05, 3.63) is 65.6 Å². The van der Waals surface area contributed by atoms with Crippen molar-refractivity contribution < 1.29 is 9.47 Å². The van der Waals surface area contributed by atoms with Crippen LogP contribution in [0.3, 0.4) is 0 Å². The first-order valence-corrected chi connectivity index (χ1v) is 10.3. The minimum absolute atomic E-state index is 0.351. The molecule has 0 aliphatic carbocycles. The van der Waals surface area contributed by atoms with Crippen molar-refractivity contribution in [3.8, 4) is 11.6 Å². The highest BCUT2D eigenvalue weighted by Crippen LogP contribution is 2.29. The molecule has 8 heteroatoms. The van der Waals surface area contributed by atoms with E-state index in [2.05, 4.69) is 39.0 Å². The van der Waals surface area contributed by atoms with Crippen molar-refractivity contribution in [2.45, 2.75) is 20.5 Å². The number of pyridine rings is 1. The van der Waals surface area contributed by atoms with Gasteiger partial charge < -0.3 is 19.7 Å². The lowest BCUT2D eigenvalue weighted by Gasteiger charge is -2.17. The Bertz CT molecular complexity index is 922. The van der Waals surface area contributed by atoms with E-state index < -0.39 is 0 Å². The number of rotatable bonds is 11. The van der Waals surface area contributed by atoms with Gasteiger partial charge in [-0.25, -0.2) is 4.98 Å². The quantitative estimate of drug-likeness (QED) is 0.480. The van der Waals surface area contributed by atoms with Gasteiger partial charge in [0.15, 0.2) is 0 Å². The zero-order valence-electron chi connectivity index (χ0n) is 17.2. The molecule has 3 rings (SSSR count). The third-order valence-corrected chi connectivity index (χ3v) is 4.77. The van der Waals surface area contributed by atoms with Gasteiger partial charge in [0.05, 0.1) is 10.7 Å². The van der Waals surface area contributed by atoms with E-state index in [0.717, 1.165) is 31.0 Å². The number of anilines is 2. The summed E-state index contributed by atoms with van der Waals surface area (Å²) in [7, 11) is 0. The lowest BCUT2D eigenvalue weighted by atomic mass is 10.3. The van der Waals surface area contributed by atoms with Crippen LogP contribution in [-0.2, 0) is 6.61 Å². The summed E-state index contributed by atoms with van der Waals surface area (Å²) in [5.74, 6) is 1.55. The summed E-state index contributed by atoms with van der Waals surface area (Å²) in [6, 6.07) is 12.9. The first-order chi connectivity index (χ1) is 14.7. The second-order valence-corrected chi connectivity index (χ2v) is 6.88. The maximum absolute atomic E-state index is 6.36. The van der Waals surface area contributed by atoms with Crippen molar-refractivity contribution in [1.82, 2.24) is 19.9 Å². The minimum Gasteiger partial charge on any atom is -0.486 e. The lowest BCUT2D eigenvalue weighted by Crippen LogP contribution is -2.28. The molecule has 0 amide bonds. The molecule has 2 aromatic heterocycles. The molecule has 3 aromatic rings. The van der Waals surface area contributed by atoms with Crippen LogP contribution in [0.1, 0.15) is 19.5 Å². The van der Waals surface area contributed by atoms with E-state index in [9.17, 15) is 0 Å². The molecule has 0 bridgehead atoms. The molecule has 1 N–H and O–H groups in total. The molecule has 0 aliphatic rings. The first kappa shape index (κ1) is 21.8. The highest BCUT2D eigenvalue weighted by atomic mass is 35.5. The van der Waals surface area contributed by atoms with Crippen LogP contribution in [0.4, 0.5) is 11.6 Å². The first-order valence-electron chi connectivity index (χ1n) is 9.95. The smallest absolute Gasteiger partial charge is 0.230 e. The second-order valence-electron chi connectivity index (χ2n) is 6.47. The van der Waals surface area contributed by atoms with Crippen LogP contribution in [0.2, 0.25) is 5.02 Å². The molecule has 0 spiro atoms. The maximum atomic E-state index is 6.36. The topological polar surface area (TPSA) is 72.4 Å². The van der Waals surface area contributed by atoms with Crippen molar-refractivity contribution in [2.24, 2.45) is 0 Å². The summed E-state index contributed by atoms with van der Waals surface area (Å²) >= 11 is 6.36. The Morgan fingerprint density at radius 3 is 2.60 bits per heavy atom. The summed E-state index contributed by atoms with van der Waals surface area (Å²) in [6.07, 6.45) is 3.39. The SMILES string of the molecule is CCN(CC)CCOc1ccnc(Nc2ccc(OCc3ccccn3)c(Cl)c2)n1. The summed E-state index contributed by atoms with van der Waals surface area (Å²) < 4.78 is 11.5. The van der Waals surface area contributed by atoms with Gasteiger partial charge in [-0.05, 0) is 43.4 Å². The van der Waals surface area contributed by atoms with E-state index in [1.807, 2.05) is 24.3 Å². The molecule has 1 aromatic carbocycles. The summed E-state index contributed by atoms with van der Waals surface area (Å²) in [5, 5.41) is 3.63. The van der Waals surface area contributed by atoms with Crippen LogP contribution in [0.5, 0.6) is 11.6 Å². The molecule has 0 aliphatic heterocycles. The maximum Gasteiger partial charge on any atom is 0.230 e. The normalized spacial score (nSPS) is 10.8. The van der Waals surface area contributed by atoms with E-state index in [1.54, 1.807) is 30.6 Å². The molecular weight excluding hydrogens is 402 g/mol. The number of hydrogen-bond donors (Lipinski definition) is 1. The van der Waals surface area contributed by atoms with E-state index in [1.165, 1.54) is 0 Å². The van der Waals surface area contributed by atoms with Crippen molar-refractivity contribution in [1.29, 1.82) is 0 Å². The summed E-state index contributed by atoms with van der Waals surface area (Å²) in [5.41, 5.74) is 1.59. The van der Waals surface area contributed by atoms with Crippen molar-refractivity contribution in [3.63, 3.8) is 0 Å². The fourth-order valence-corrected chi connectivity index (χ4v) is 3.00. The number of benzene rings is 1. The zero-order valence-corrected chi connectivity index (χ0v) is 18.0. The molecule has 0 radical (unpaired) electrons. The molecule has 0 saturated carbocycles. The second kappa shape index (κ2) is 11.3. The van der Waals surface area contributed by atoms with Gasteiger partial charge in [-0.1, -0.05) is 31.5 Å². The number of hydrogen-bond acceptors (Lipinski definition) is 7. The average molecular weight is 428 g/mol. The Morgan fingerprint density at radius 2 is 1.87 bits per heavy atom. The Hall–Kier alpha value is -2.90. The molecule has 0 saturated heterocycles. The van der Waals surface area contributed by atoms with Gasteiger partial charge in [0.1, 0.15) is 19.0 Å². The zero-order chi connectivity index (χ0) is 21.2. The fourth-order valence-electron chi connectivity index (χ4n) is 2.76. The van der Waals surface area contributed by atoms with E-state index in [0.29, 0.717) is 35.8 Å². The van der Waals surface area contributed by atoms with Crippen LogP contribution in [0, 0.1) is 0 Å². The van der Waals surface area contributed by atoms with Gasteiger partial charge >= 0.3 is 0 Å². The predicted octanol–water partition coefficient (Wildman–Crippen LogP) is 4.57. The third kappa shape index (κ3) is 6.57. The number of nitrogens with zero attached hydrogens (tertiary/aromatic N) is 4. The lowest BCUT2D eigenvalue weighted by molar-refractivity contribution is 0.218. The van der Waals surface area contributed by atoms with Crippen molar-refractivity contribution in [2.75, 3.05) is 31.6 Å². The predicted molar refractivity (Wildman–Crippen MR) is 119 cm³/mol. The number of halogens is 1. The third-order valence-electron chi connectivity index (χ3n) is 4.47. The fraction of sp³-hybridized carbons (Fsp3) is 0.318. The van der Waals surface area contributed by atoms with Gasteiger partial charge in [-0.2, -0.15) is 4.98 Å². The summed E-state index contributed by atoms with van der Waals surface area (Å²) in [4.78, 5) is 15.2. The van der Waals surface area contributed by atoms with E-state index in [4.69, 9.17) is 21.1 Å². The number of aromatic nitrogens is 3. The molecule has 0 fully saturated rings. The Kier molecular flexibility index (Phi) is 8.23. The molecule has 30 heavy (non-hydrogen) atoms. The van der Waals surface area contributed by atoms with Gasteiger partial charge in [-0.15, -0.1) is 0 Å². The molecule has 7 nitrogen and oxygen atoms in total. The van der Waals surface area contributed by atoms with Gasteiger partial charge in [-0.3, -0.25) is 4.98 Å². The van der Waals surface area contributed by atoms with Crippen LogP contribution in [-0.4, -0.2) is 46.1 Å². The minimum atomic E-state index is 0.351. The largest absolute Gasteiger partial charge is 0.486 e. The Morgan fingerprint density at radius 1 is 1.00 bits per heavy atom. The molecular formula is C22H26ClN5O2. The average Bonchev–Trinajstić information content (AvgIpc) is 2.77. The Balaban J connectivity index is 1.56. The van der Waals surface area contributed by atoms with Gasteiger partial charge in [0.25, 0.3) is 0 Å². The van der Waals surface area contributed by atoms with Crippen LogP contribution in [0.25, 0.3) is 0 Å². The molecule has 0 atom stereocenters. The molecule has 158 valence electrons. The Labute approximate surface area is 182 Å². The van der Waals surface area contributed by atoms with Gasteiger partial charge in [0.2, 0.25) is 11.8 Å². The molecule has 2 heterocycles. The van der Waals surface area contributed by atoms with Crippen LogP contribution in [0.15, 0.2) is 54.9 Å². The highest BCUT2D eigenvalue weighted by Gasteiger charge is 2.07. The number of nitrogens with one attached hydrogen (secondary N) is 1. The van der Waals surface area contributed by atoms with Gasteiger partial charge in [0, 0.05) is 30.7 Å². The number of ether oxygens (including phenoxy) is 2. The van der Waals surface area contributed by atoms with Crippen molar-refractivity contribution >= 4 is 23.2 Å². The van der Waals surface area contributed by atoms with E-state index >= 15 is 0 Å². The number of likely N-dealkylation sites (N-methyl/N-ethyl adjacent to an activating group) is 1. The van der Waals surface area contributed by atoms with E-state index in [-0.39, 0.29) is 0 Å².